The molecule has 0 radical (unpaired) electrons. The van der Waals surface area contributed by atoms with E-state index in [1.54, 1.807) is 0 Å². The van der Waals surface area contributed by atoms with E-state index in [0.717, 1.165) is 31.4 Å². The van der Waals surface area contributed by atoms with Crippen LogP contribution in [-0.2, 0) is 31.1 Å². The monoisotopic (exact) mass is 1020 g/mol. The van der Waals surface area contributed by atoms with Crippen LogP contribution in [0.5, 0.6) is 0 Å². The molecule has 16 rings (SSSR count). The van der Waals surface area contributed by atoms with E-state index in [1.165, 1.54) is 161 Å². The highest BCUT2D eigenvalue weighted by molar-refractivity contribution is 7.26. The maximum absolute atomic E-state index is 2.64. The van der Waals surface area contributed by atoms with E-state index in [2.05, 4.69) is 240 Å². The van der Waals surface area contributed by atoms with Crippen LogP contribution in [0.2, 0.25) is 0 Å². The lowest BCUT2D eigenvalue weighted by atomic mass is 9.67. The molecule has 2 nitrogen and oxygen atoms in total. The number of benzene rings is 11. The molecule has 0 unspecified atom stereocenters. The molecule has 0 N–H and O–H groups in total. The number of thiophene rings is 2. The molecule has 3 aliphatic carbocycles. The third kappa shape index (κ3) is 6.91. The summed E-state index contributed by atoms with van der Waals surface area (Å²) in [6.07, 6.45) is 9.47. The normalized spacial score (nSPS) is 14.4. The SMILES string of the molecule is c1ccc(C2(c3ccccc3)c3cc(N(c4ccc5c(c4)CCCC5)c4cccc5sc6ccccc6c45)ccc3-c3c2cc(N(c2ccc4c(c2)CCCC4)c2cccc4sc5ccccc5c24)c2ccccc32)cc1. The number of hydrogen-bond donors (Lipinski definition) is 0. The standard InChI is InChI=1S/C73H54N2S2/c1-3-23-51(24-4-1)73(52-25-5-2-6-26-52)61-45-55(74(53-39-37-47-19-7-9-21-49(47)43-53)63-31-17-35-68-71(63)59-29-13-15-33-66(59)76-68)41-42-58(61)70-57-28-12-11-27-56(57)65(46-62(70)73)75(54-40-38-48-20-8-10-22-50(48)44-54)64-32-18-36-69-72(64)60-30-14-16-34-67(60)77-69/h1-6,11-18,23-46H,7-10,19-22H2. The summed E-state index contributed by atoms with van der Waals surface area (Å²) in [4.78, 5) is 5.23. The van der Waals surface area contributed by atoms with Gasteiger partial charge < -0.3 is 9.80 Å². The van der Waals surface area contributed by atoms with Gasteiger partial charge in [-0.1, -0.05) is 152 Å². The Morgan fingerprint density at radius 2 is 0.766 bits per heavy atom. The minimum absolute atomic E-state index is 0.701. The van der Waals surface area contributed by atoms with E-state index < -0.39 is 5.41 Å². The van der Waals surface area contributed by atoms with Gasteiger partial charge in [-0.2, -0.15) is 0 Å². The summed E-state index contributed by atoms with van der Waals surface area (Å²) in [5, 5.41) is 7.70. The lowest BCUT2D eigenvalue weighted by molar-refractivity contribution is 0.685. The number of aryl methyl sites for hydroxylation is 4. The van der Waals surface area contributed by atoms with Crippen LogP contribution >= 0.6 is 22.7 Å². The zero-order chi connectivity index (χ0) is 50.6. The predicted molar refractivity (Wildman–Crippen MR) is 330 cm³/mol. The first-order valence-electron chi connectivity index (χ1n) is 27.7. The zero-order valence-electron chi connectivity index (χ0n) is 42.8. The van der Waals surface area contributed by atoms with E-state index in [0.29, 0.717) is 0 Å². The van der Waals surface area contributed by atoms with Gasteiger partial charge in [0.05, 0.1) is 22.5 Å². The second-order valence-corrected chi connectivity index (χ2v) is 23.7. The largest absolute Gasteiger partial charge is 0.310 e. The Balaban J connectivity index is 1.01. The summed E-state index contributed by atoms with van der Waals surface area (Å²) in [5.41, 5.74) is 20.1. The molecule has 0 saturated carbocycles. The lowest BCUT2D eigenvalue weighted by Crippen LogP contribution is -2.29. The van der Waals surface area contributed by atoms with Gasteiger partial charge in [-0.3, -0.25) is 0 Å². The van der Waals surface area contributed by atoms with Crippen LogP contribution < -0.4 is 9.80 Å². The molecule has 0 saturated heterocycles. The molecule has 2 aromatic heterocycles. The van der Waals surface area contributed by atoms with Crippen LogP contribution in [-0.4, -0.2) is 0 Å². The molecular weight excluding hydrogens is 969 g/mol. The highest BCUT2D eigenvalue weighted by Crippen LogP contribution is 2.61. The highest BCUT2D eigenvalue weighted by atomic mass is 32.1. The van der Waals surface area contributed by atoms with E-state index in [-0.39, 0.29) is 0 Å². The van der Waals surface area contributed by atoms with Crippen LogP contribution in [0.15, 0.2) is 231 Å². The second kappa shape index (κ2) is 17.9. The summed E-state index contributed by atoms with van der Waals surface area (Å²) in [6, 6.07) is 88.8. The fourth-order valence-electron chi connectivity index (χ4n) is 14.1. The quantitative estimate of drug-likeness (QED) is 0.150. The third-order valence-electron chi connectivity index (χ3n) is 17.4. The number of hydrogen-bond acceptors (Lipinski definition) is 4. The van der Waals surface area contributed by atoms with Gasteiger partial charge in [0, 0.05) is 62.8 Å². The highest BCUT2D eigenvalue weighted by Gasteiger charge is 2.48. The maximum atomic E-state index is 2.64. The van der Waals surface area contributed by atoms with E-state index in [4.69, 9.17) is 0 Å². The third-order valence-corrected chi connectivity index (χ3v) is 19.7. The molecule has 0 aliphatic heterocycles. The van der Waals surface area contributed by atoms with Gasteiger partial charge in [0.25, 0.3) is 0 Å². The topological polar surface area (TPSA) is 6.48 Å². The zero-order valence-corrected chi connectivity index (χ0v) is 44.4. The average Bonchev–Trinajstić information content (AvgIpc) is 4.25. The molecule has 0 amide bonds. The van der Waals surface area contributed by atoms with Crippen molar-refractivity contribution in [2.75, 3.05) is 9.80 Å². The predicted octanol–water partition coefficient (Wildman–Crippen LogP) is 20.6. The van der Waals surface area contributed by atoms with E-state index in [9.17, 15) is 0 Å². The second-order valence-electron chi connectivity index (χ2n) is 21.6. The Bertz CT molecular complexity index is 4450. The average molecular weight is 1020 g/mol. The molecule has 77 heavy (non-hydrogen) atoms. The van der Waals surface area contributed by atoms with Crippen molar-refractivity contribution >= 4 is 108 Å². The smallest absolute Gasteiger partial charge is 0.0715 e. The molecule has 0 atom stereocenters. The van der Waals surface area contributed by atoms with Crippen LogP contribution in [0.25, 0.3) is 62.2 Å². The molecule has 0 spiro atoms. The Labute approximate surface area is 457 Å². The minimum atomic E-state index is -0.701. The van der Waals surface area contributed by atoms with Crippen molar-refractivity contribution in [3.05, 3.63) is 275 Å². The van der Waals surface area contributed by atoms with Crippen molar-refractivity contribution in [2.45, 2.75) is 56.8 Å². The maximum Gasteiger partial charge on any atom is 0.0715 e. The number of fused-ring (bicyclic) bond motifs is 13. The van der Waals surface area contributed by atoms with Gasteiger partial charge in [0.15, 0.2) is 0 Å². The minimum Gasteiger partial charge on any atom is -0.310 e. The molecule has 13 aromatic rings. The molecule has 0 bridgehead atoms. The van der Waals surface area contributed by atoms with Crippen LogP contribution in [0.4, 0.5) is 34.1 Å². The Morgan fingerprint density at radius 3 is 1.35 bits per heavy atom. The molecule has 0 fully saturated rings. The van der Waals surface area contributed by atoms with Crippen LogP contribution in [0, 0.1) is 0 Å². The summed E-state index contributed by atoms with van der Waals surface area (Å²) < 4.78 is 5.23. The molecule has 2 heterocycles. The van der Waals surface area contributed by atoms with Crippen molar-refractivity contribution in [3.63, 3.8) is 0 Å². The Kier molecular flexibility index (Phi) is 10.5. The summed E-state index contributed by atoms with van der Waals surface area (Å²) in [5.74, 6) is 0. The summed E-state index contributed by atoms with van der Waals surface area (Å²) in [7, 11) is 0. The molecular formula is C73H54N2S2. The van der Waals surface area contributed by atoms with Crippen molar-refractivity contribution in [2.24, 2.45) is 0 Å². The molecule has 368 valence electrons. The van der Waals surface area contributed by atoms with Crippen molar-refractivity contribution in [1.29, 1.82) is 0 Å². The van der Waals surface area contributed by atoms with Gasteiger partial charge in [-0.15, -0.1) is 22.7 Å². The van der Waals surface area contributed by atoms with Gasteiger partial charge in [0.2, 0.25) is 0 Å². The fraction of sp³-hybridized carbons (Fsp3) is 0.123. The summed E-state index contributed by atoms with van der Waals surface area (Å²) >= 11 is 3.79. The van der Waals surface area contributed by atoms with Crippen molar-refractivity contribution in [1.82, 2.24) is 0 Å². The Morgan fingerprint density at radius 1 is 0.312 bits per heavy atom. The van der Waals surface area contributed by atoms with Crippen molar-refractivity contribution < 1.29 is 0 Å². The fourth-order valence-corrected chi connectivity index (χ4v) is 16.3. The first-order chi connectivity index (χ1) is 38.2. The lowest BCUT2D eigenvalue weighted by Gasteiger charge is -2.36. The van der Waals surface area contributed by atoms with Gasteiger partial charge in [-0.05, 0) is 191 Å². The van der Waals surface area contributed by atoms with Crippen LogP contribution in [0.1, 0.15) is 70.2 Å². The number of nitrogens with zero attached hydrogens (tertiary/aromatic N) is 2. The van der Waals surface area contributed by atoms with Gasteiger partial charge >= 0.3 is 0 Å². The van der Waals surface area contributed by atoms with Gasteiger partial charge in [0.1, 0.15) is 0 Å². The first-order valence-corrected chi connectivity index (χ1v) is 29.3. The van der Waals surface area contributed by atoms with Crippen molar-refractivity contribution in [3.8, 4) is 11.1 Å². The van der Waals surface area contributed by atoms with E-state index >= 15 is 0 Å². The summed E-state index contributed by atoms with van der Waals surface area (Å²) in [6.45, 7) is 0. The molecule has 11 aromatic carbocycles. The number of rotatable bonds is 8. The molecule has 3 aliphatic rings. The molecule has 4 heteroatoms. The number of anilines is 6. The van der Waals surface area contributed by atoms with Gasteiger partial charge in [-0.25, -0.2) is 0 Å². The van der Waals surface area contributed by atoms with Crippen LogP contribution in [0.3, 0.4) is 0 Å². The first kappa shape index (κ1) is 45.0. The Hall–Kier alpha value is -8.28. The van der Waals surface area contributed by atoms with E-state index in [1.807, 2.05) is 22.7 Å².